The highest BCUT2D eigenvalue weighted by Crippen LogP contribution is 2.40. The molecule has 2 aliphatic heterocycles. The second-order valence-electron chi connectivity index (χ2n) is 9.62. The van der Waals surface area contributed by atoms with Crippen molar-refractivity contribution in [2.45, 2.75) is 11.4 Å². The van der Waals surface area contributed by atoms with Gasteiger partial charge in [0.05, 0.1) is 23.8 Å². The van der Waals surface area contributed by atoms with Crippen LogP contribution in [-0.4, -0.2) is 56.5 Å². The Morgan fingerprint density at radius 3 is 2.51 bits per heavy atom. The Morgan fingerprint density at radius 1 is 1.03 bits per heavy atom. The second kappa shape index (κ2) is 10.2. The molecule has 1 aromatic heterocycles. The Kier molecular flexibility index (Phi) is 6.89. The van der Waals surface area contributed by atoms with Crippen molar-refractivity contribution >= 4 is 71.7 Å². The predicted molar refractivity (Wildman–Crippen MR) is 157 cm³/mol. The molecule has 6 rings (SSSR count). The van der Waals surface area contributed by atoms with E-state index in [0.717, 1.165) is 26.5 Å². The normalized spacial score (nSPS) is 17.4. The number of fused-ring (bicyclic) bond motifs is 2. The number of hydrogen-bond acceptors (Lipinski definition) is 4. The van der Waals surface area contributed by atoms with Crippen molar-refractivity contribution in [3.63, 3.8) is 0 Å². The Hall–Kier alpha value is -2.95. The van der Waals surface area contributed by atoms with E-state index in [2.05, 4.69) is 20.5 Å². The maximum atomic E-state index is 13.4. The lowest BCUT2D eigenvalue weighted by Gasteiger charge is -2.26. The average molecular weight is 627 g/mol. The van der Waals surface area contributed by atoms with E-state index in [1.807, 2.05) is 54.7 Å². The van der Waals surface area contributed by atoms with E-state index >= 15 is 0 Å². The SMILES string of the molecule is CN1C(=O)C(=Cc2cn(Cc3ccc(Cl)cc3)c3ccc(Br)cc23)c2cc(S(=O)(=O)N3CCOCC3)ccc21. The number of benzene rings is 3. The maximum Gasteiger partial charge on any atom is 0.258 e. The lowest BCUT2D eigenvalue weighted by Crippen LogP contribution is -2.40. The van der Waals surface area contributed by atoms with E-state index in [1.165, 1.54) is 4.31 Å². The number of anilines is 1. The molecule has 0 atom stereocenters. The number of nitrogens with zero attached hydrogens (tertiary/aromatic N) is 3. The van der Waals surface area contributed by atoms with Gasteiger partial charge in [0, 0.05) is 70.0 Å². The van der Waals surface area contributed by atoms with Gasteiger partial charge in [0.15, 0.2) is 0 Å². The third-order valence-electron chi connectivity index (χ3n) is 7.20. The number of ether oxygens (including phenoxy) is 1. The van der Waals surface area contributed by atoms with Crippen LogP contribution in [-0.2, 0) is 26.1 Å². The van der Waals surface area contributed by atoms with Gasteiger partial charge in [0.25, 0.3) is 5.91 Å². The summed E-state index contributed by atoms with van der Waals surface area (Å²) in [5.74, 6) is -0.181. The van der Waals surface area contributed by atoms with Crippen LogP contribution in [0.4, 0.5) is 5.69 Å². The Morgan fingerprint density at radius 2 is 1.77 bits per heavy atom. The highest BCUT2D eigenvalue weighted by atomic mass is 79.9. The molecule has 0 aliphatic carbocycles. The lowest BCUT2D eigenvalue weighted by molar-refractivity contribution is -0.112. The molecule has 200 valence electrons. The van der Waals surface area contributed by atoms with Crippen molar-refractivity contribution in [1.29, 1.82) is 0 Å². The quantitative estimate of drug-likeness (QED) is 0.269. The first-order chi connectivity index (χ1) is 18.7. The van der Waals surface area contributed by atoms with E-state index in [0.29, 0.717) is 54.7 Å². The van der Waals surface area contributed by atoms with E-state index < -0.39 is 10.0 Å². The van der Waals surface area contributed by atoms with Crippen molar-refractivity contribution in [2.75, 3.05) is 38.3 Å². The fourth-order valence-corrected chi connectivity index (χ4v) is 7.07. The number of hydrogen-bond donors (Lipinski definition) is 0. The first kappa shape index (κ1) is 26.3. The number of rotatable bonds is 5. The number of carbonyl (C=O) groups excluding carboxylic acids is 1. The Labute approximate surface area is 240 Å². The van der Waals surface area contributed by atoms with Crippen molar-refractivity contribution in [3.8, 4) is 0 Å². The van der Waals surface area contributed by atoms with Crippen LogP contribution in [0.2, 0.25) is 5.02 Å². The van der Waals surface area contributed by atoms with Crippen molar-refractivity contribution in [3.05, 3.63) is 93.0 Å². The van der Waals surface area contributed by atoms with Crippen molar-refractivity contribution < 1.29 is 17.9 Å². The fourth-order valence-electron chi connectivity index (χ4n) is 5.15. The lowest BCUT2D eigenvalue weighted by atomic mass is 10.0. The number of carbonyl (C=O) groups is 1. The molecule has 2 aliphatic rings. The number of aromatic nitrogens is 1. The van der Waals surface area contributed by atoms with Crippen LogP contribution in [0.1, 0.15) is 16.7 Å². The van der Waals surface area contributed by atoms with E-state index in [1.54, 1.807) is 30.1 Å². The highest BCUT2D eigenvalue weighted by molar-refractivity contribution is 9.10. The van der Waals surface area contributed by atoms with Gasteiger partial charge in [-0.1, -0.05) is 39.7 Å². The van der Waals surface area contributed by atoms with Gasteiger partial charge in [-0.2, -0.15) is 4.31 Å². The minimum Gasteiger partial charge on any atom is -0.379 e. The van der Waals surface area contributed by atoms with Gasteiger partial charge in [0.1, 0.15) is 0 Å². The summed E-state index contributed by atoms with van der Waals surface area (Å²) in [4.78, 5) is 15.2. The number of likely N-dealkylation sites (N-methyl/N-ethyl adjacent to an activating group) is 1. The molecule has 39 heavy (non-hydrogen) atoms. The van der Waals surface area contributed by atoms with Gasteiger partial charge < -0.3 is 14.2 Å². The summed E-state index contributed by atoms with van der Waals surface area (Å²) in [6, 6.07) is 18.7. The molecule has 7 nitrogen and oxygen atoms in total. The van der Waals surface area contributed by atoms with Crippen LogP contribution in [0.5, 0.6) is 0 Å². The molecule has 0 bridgehead atoms. The van der Waals surface area contributed by atoms with Crippen LogP contribution < -0.4 is 4.90 Å². The molecule has 10 heteroatoms. The van der Waals surface area contributed by atoms with Gasteiger partial charge in [0.2, 0.25) is 10.0 Å². The fraction of sp³-hybridized carbons (Fsp3) is 0.207. The topological polar surface area (TPSA) is 71.9 Å². The summed E-state index contributed by atoms with van der Waals surface area (Å²) in [5.41, 5.74) is 4.72. The van der Waals surface area contributed by atoms with Gasteiger partial charge in [-0.25, -0.2) is 8.42 Å². The first-order valence-corrected chi connectivity index (χ1v) is 15.1. The summed E-state index contributed by atoms with van der Waals surface area (Å²) in [6.45, 7) is 1.98. The predicted octanol–water partition coefficient (Wildman–Crippen LogP) is 5.64. The Balaban J connectivity index is 1.45. The van der Waals surface area contributed by atoms with Crippen LogP contribution in [0.25, 0.3) is 22.6 Å². The van der Waals surface area contributed by atoms with Crippen LogP contribution in [0, 0.1) is 0 Å². The third kappa shape index (κ3) is 4.83. The molecule has 0 spiro atoms. The third-order valence-corrected chi connectivity index (χ3v) is 9.84. The molecule has 0 saturated carbocycles. The minimum absolute atomic E-state index is 0.171. The summed E-state index contributed by atoms with van der Waals surface area (Å²) in [6.07, 6.45) is 3.89. The molecule has 0 N–H and O–H groups in total. The van der Waals surface area contributed by atoms with E-state index in [9.17, 15) is 13.2 Å². The zero-order valence-electron chi connectivity index (χ0n) is 21.1. The molecule has 3 heterocycles. The summed E-state index contributed by atoms with van der Waals surface area (Å²) < 4.78 is 36.5. The monoisotopic (exact) mass is 625 g/mol. The smallest absolute Gasteiger partial charge is 0.258 e. The van der Waals surface area contributed by atoms with Gasteiger partial charge in [-0.15, -0.1) is 0 Å². The molecule has 1 fully saturated rings. The first-order valence-electron chi connectivity index (χ1n) is 12.5. The molecule has 3 aromatic carbocycles. The van der Waals surface area contributed by atoms with Gasteiger partial charge in [-0.3, -0.25) is 4.79 Å². The minimum atomic E-state index is -3.71. The highest BCUT2D eigenvalue weighted by Gasteiger charge is 2.33. The number of amides is 1. The van der Waals surface area contributed by atoms with E-state index in [-0.39, 0.29) is 10.8 Å². The van der Waals surface area contributed by atoms with Crippen LogP contribution in [0.15, 0.2) is 76.2 Å². The largest absolute Gasteiger partial charge is 0.379 e. The van der Waals surface area contributed by atoms with Crippen molar-refractivity contribution in [2.24, 2.45) is 0 Å². The molecule has 1 saturated heterocycles. The average Bonchev–Trinajstić information content (AvgIpc) is 3.39. The van der Waals surface area contributed by atoms with Crippen molar-refractivity contribution in [1.82, 2.24) is 8.87 Å². The maximum absolute atomic E-state index is 13.4. The zero-order chi connectivity index (χ0) is 27.3. The van der Waals surface area contributed by atoms with Gasteiger partial charge >= 0.3 is 0 Å². The van der Waals surface area contributed by atoms with E-state index in [4.69, 9.17) is 16.3 Å². The number of halogens is 2. The molecule has 0 unspecified atom stereocenters. The summed E-state index contributed by atoms with van der Waals surface area (Å²) in [5, 5.41) is 1.66. The molecular formula is C29H25BrClN3O4S. The summed E-state index contributed by atoms with van der Waals surface area (Å²) >= 11 is 9.65. The molecule has 4 aromatic rings. The summed E-state index contributed by atoms with van der Waals surface area (Å²) in [7, 11) is -2.01. The standard InChI is InChI=1S/C29H25BrClN3O4S/c1-32-27-9-7-23(39(36,37)34-10-12-38-13-11-34)16-25(27)26(29(32)35)14-20-18-33(17-19-2-5-22(31)6-3-19)28-8-4-21(30)15-24(20)28/h2-9,14-16,18H,10-13,17H2,1H3. The van der Waals surface area contributed by atoms with Crippen LogP contribution in [0.3, 0.4) is 0 Å². The zero-order valence-corrected chi connectivity index (χ0v) is 24.3. The number of morpholine rings is 1. The Bertz CT molecular complexity index is 1740. The van der Waals surface area contributed by atoms with Gasteiger partial charge in [-0.05, 0) is 60.2 Å². The molecular weight excluding hydrogens is 602 g/mol. The second-order valence-corrected chi connectivity index (χ2v) is 12.9. The molecule has 0 radical (unpaired) electrons. The number of sulfonamides is 1. The molecule has 1 amide bonds. The van der Waals surface area contributed by atoms with Crippen LogP contribution >= 0.6 is 27.5 Å².